The van der Waals surface area contributed by atoms with Crippen LogP contribution in [0.4, 0.5) is 0 Å². The van der Waals surface area contributed by atoms with E-state index >= 15 is 0 Å². The first-order valence-corrected chi connectivity index (χ1v) is 17.0. The van der Waals surface area contributed by atoms with E-state index in [1.165, 1.54) is 12.1 Å². The highest BCUT2D eigenvalue weighted by atomic mass is 31.2. The van der Waals surface area contributed by atoms with Gasteiger partial charge < -0.3 is 24.8 Å². The van der Waals surface area contributed by atoms with Gasteiger partial charge >= 0.3 is 13.8 Å². The summed E-state index contributed by atoms with van der Waals surface area (Å²) in [4.78, 5) is 73.3. The normalized spacial score (nSPS) is 20.7. The van der Waals surface area contributed by atoms with Crippen LogP contribution in [0.15, 0.2) is 54.6 Å². The standard InChI is InChI=1S/C32H42N3O9P/c1-2-18-33-31(38)28-17-14-25-10-6-7-11-27(32(39)35(25)28)34-30(37)24(20-29(36)43-21-23-8-4-3-5-9-23)19-22-12-15-26(16-13-22)44-45(40,41)42/h3-5,8-9,12-13,15-16,24-25,27-28H,2,6-7,10-11,14,17-21H2,1H3,(H,33,38)(H,34,37)(H2,40,41,42)/t24-,25+,27+,28+/m1/s1. The molecule has 0 spiro atoms. The molecule has 3 amide bonds. The maximum atomic E-state index is 13.9. The molecule has 0 saturated carbocycles. The average Bonchev–Trinajstić information content (AvgIpc) is 3.43. The van der Waals surface area contributed by atoms with Gasteiger partial charge in [0, 0.05) is 12.6 Å². The number of amides is 3. The minimum Gasteiger partial charge on any atom is -0.461 e. The number of esters is 1. The maximum absolute atomic E-state index is 13.9. The molecule has 0 radical (unpaired) electrons. The third-order valence-electron chi connectivity index (χ3n) is 8.16. The minimum absolute atomic E-state index is 0.0430. The second kappa shape index (κ2) is 16.0. The molecule has 45 heavy (non-hydrogen) atoms. The van der Waals surface area contributed by atoms with Gasteiger partial charge in [0.05, 0.1) is 12.3 Å². The van der Waals surface area contributed by atoms with Crippen LogP contribution in [-0.2, 0) is 41.5 Å². The molecule has 2 saturated heterocycles. The average molecular weight is 644 g/mol. The van der Waals surface area contributed by atoms with Gasteiger partial charge in [0.1, 0.15) is 24.4 Å². The second-order valence-electron chi connectivity index (χ2n) is 11.6. The summed E-state index contributed by atoms with van der Waals surface area (Å²) in [6.07, 6.45) is 4.74. The zero-order chi connectivity index (χ0) is 32.4. The highest BCUT2D eigenvalue weighted by Gasteiger charge is 2.44. The van der Waals surface area contributed by atoms with Gasteiger partial charge in [0.2, 0.25) is 17.7 Å². The van der Waals surface area contributed by atoms with Crippen molar-refractivity contribution in [2.24, 2.45) is 5.92 Å². The molecule has 2 heterocycles. The van der Waals surface area contributed by atoms with Gasteiger partial charge in [-0.25, -0.2) is 4.57 Å². The predicted octanol–water partition coefficient (Wildman–Crippen LogP) is 3.39. The molecule has 4 atom stereocenters. The first kappa shape index (κ1) is 34.1. The van der Waals surface area contributed by atoms with Crippen molar-refractivity contribution in [2.75, 3.05) is 6.54 Å². The van der Waals surface area contributed by atoms with Crippen LogP contribution < -0.4 is 15.2 Å². The number of hydrogen-bond acceptors (Lipinski definition) is 7. The molecule has 2 aromatic rings. The van der Waals surface area contributed by atoms with Gasteiger partial charge in [-0.1, -0.05) is 62.2 Å². The molecule has 0 aromatic heterocycles. The van der Waals surface area contributed by atoms with Gasteiger partial charge in [0.25, 0.3) is 0 Å². The van der Waals surface area contributed by atoms with Crippen molar-refractivity contribution in [2.45, 2.75) is 89.4 Å². The lowest BCUT2D eigenvalue weighted by Gasteiger charge is -2.35. The van der Waals surface area contributed by atoms with E-state index in [4.69, 9.17) is 14.5 Å². The maximum Gasteiger partial charge on any atom is 0.524 e. The van der Waals surface area contributed by atoms with Crippen molar-refractivity contribution >= 4 is 31.5 Å². The lowest BCUT2D eigenvalue weighted by atomic mass is 9.93. The molecule has 4 rings (SSSR count). The van der Waals surface area contributed by atoms with Gasteiger partial charge in [-0.3, -0.25) is 29.0 Å². The van der Waals surface area contributed by atoms with E-state index in [1.54, 1.807) is 17.0 Å². The van der Waals surface area contributed by atoms with Crippen LogP contribution in [0.5, 0.6) is 5.75 Å². The SMILES string of the molecule is CCCNC(=O)[C@@H]1CC[C@@H]2CCCC[C@H](NC(=O)[C@@H](CC(=O)OCc3ccccc3)Cc3ccc(OP(=O)(O)O)cc3)C(=O)N21. The number of carbonyl (C=O) groups is 4. The number of phosphoric ester groups is 1. The van der Waals surface area contributed by atoms with Crippen molar-refractivity contribution in [3.8, 4) is 5.75 Å². The molecular weight excluding hydrogens is 601 g/mol. The summed E-state index contributed by atoms with van der Waals surface area (Å²) in [5, 5.41) is 5.80. The lowest BCUT2D eigenvalue weighted by molar-refractivity contribution is -0.149. The number of fused-ring (bicyclic) bond motifs is 1. The second-order valence-corrected chi connectivity index (χ2v) is 12.8. The van der Waals surface area contributed by atoms with E-state index in [9.17, 15) is 23.7 Å². The zero-order valence-electron chi connectivity index (χ0n) is 25.4. The lowest BCUT2D eigenvalue weighted by Crippen LogP contribution is -2.57. The van der Waals surface area contributed by atoms with E-state index < -0.39 is 37.7 Å². The molecule has 2 aliphatic heterocycles. The monoisotopic (exact) mass is 643 g/mol. The van der Waals surface area contributed by atoms with E-state index in [2.05, 4.69) is 15.2 Å². The molecule has 2 aromatic carbocycles. The minimum atomic E-state index is -4.74. The summed E-state index contributed by atoms with van der Waals surface area (Å²) >= 11 is 0. The van der Waals surface area contributed by atoms with E-state index in [0.29, 0.717) is 24.9 Å². The van der Waals surface area contributed by atoms with Crippen LogP contribution >= 0.6 is 7.82 Å². The Hall–Kier alpha value is -3.73. The molecule has 2 aliphatic rings. The van der Waals surface area contributed by atoms with Crippen LogP contribution in [0.2, 0.25) is 0 Å². The summed E-state index contributed by atoms with van der Waals surface area (Å²) in [5.41, 5.74) is 1.41. The molecule has 244 valence electrons. The molecule has 12 nitrogen and oxygen atoms in total. The number of phosphoric acid groups is 1. The van der Waals surface area contributed by atoms with Gasteiger partial charge in [-0.05, 0) is 61.8 Å². The molecular formula is C32H42N3O9P. The Morgan fingerprint density at radius 1 is 0.978 bits per heavy atom. The molecule has 4 N–H and O–H groups in total. The fourth-order valence-electron chi connectivity index (χ4n) is 5.94. The van der Waals surface area contributed by atoms with Crippen molar-refractivity contribution in [3.63, 3.8) is 0 Å². The summed E-state index contributed by atoms with van der Waals surface area (Å²) in [7, 11) is -4.74. The summed E-state index contributed by atoms with van der Waals surface area (Å²) in [5.74, 6) is -2.50. The van der Waals surface area contributed by atoms with Crippen LogP contribution in [0.1, 0.15) is 69.4 Å². The number of nitrogens with zero attached hydrogens (tertiary/aromatic N) is 1. The largest absolute Gasteiger partial charge is 0.524 e. The van der Waals surface area contributed by atoms with Crippen molar-refractivity contribution in [3.05, 3.63) is 65.7 Å². The third-order valence-corrected chi connectivity index (χ3v) is 8.61. The Balaban J connectivity index is 1.49. The van der Waals surface area contributed by atoms with Gasteiger partial charge in [-0.15, -0.1) is 0 Å². The molecule has 0 unspecified atom stereocenters. The first-order chi connectivity index (χ1) is 21.5. The molecule has 2 fully saturated rings. The first-order valence-electron chi connectivity index (χ1n) is 15.5. The number of rotatable bonds is 13. The smallest absolute Gasteiger partial charge is 0.461 e. The summed E-state index contributed by atoms with van der Waals surface area (Å²) in [6.45, 7) is 2.53. The Kier molecular flexibility index (Phi) is 12.2. The Labute approximate surface area is 263 Å². The Bertz CT molecular complexity index is 1370. The van der Waals surface area contributed by atoms with Crippen molar-refractivity contribution < 1.29 is 42.8 Å². The van der Waals surface area contributed by atoms with E-state index in [0.717, 1.165) is 37.7 Å². The topological polar surface area (TPSA) is 172 Å². The van der Waals surface area contributed by atoms with Crippen LogP contribution in [0.25, 0.3) is 0 Å². The van der Waals surface area contributed by atoms with Gasteiger partial charge in [0.15, 0.2) is 0 Å². The number of benzene rings is 2. The number of ether oxygens (including phenoxy) is 1. The Morgan fingerprint density at radius 3 is 2.38 bits per heavy atom. The van der Waals surface area contributed by atoms with E-state index in [1.807, 2.05) is 37.3 Å². The van der Waals surface area contributed by atoms with Crippen LogP contribution in [-0.4, -0.2) is 63.0 Å². The molecule has 0 aliphatic carbocycles. The van der Waals surface area contributed by atoms with Crippen LogP contribution in [0, 0.1) is 5.92 Å². The number of carbonyl (C=O) groups excluding carboxylic acids is 4. The number of hydrogen-bond donors (Lipinski definition) is 4. The quantitative estimate of drug-likeness (QED) is 0.189. The Morgan fingerprint density at radius 2 is 1.69 bits per heavy atom. The number of nitrogens with one attached hydrogen (secondary N) is 2. The van der Waals surface area contributed by atoms with Gasteiger partial charge in [-0.2, -0.15) is 0 Å². The fourth-order valence-corrected chi connectivity index (χ4v) is 6.34. The van der Waals surface area contributed by atoms with Crippen molar-refractivity contribution in [1.29, 1.82) is 0 Å². The molecule has 0 bridgehead atoms. The third kappa shape index (κ3) is 10.1. The summed E-state index contributed by atoms with van der Waals surface area (Å²) < 4.78 is 21.2. The highest BCUT2D eigenvalue weighted by Crippen LogP contribution is 2.37. The zero-order valence-corrected chi connectivity index (χ0v) is 26.3. The van der Waals surface area contributed by atoms with Crippen molar-refractivity contribution in [1.82, 2.24) is 15.5 Å². The molecule has 13 heteroatoms. The predicted molar refractivity (Wildman–Crippen MR) is 165 cm³/mol. The van der Waals surface area contributed by atoms with E-state index in [-0.39, 0.29) is 43.1 Å². The fraction of sp³-hybridized carbons (Fsp3) is 0.500. The summed E-state index contributed by atoms with van der Waals surface area (Å²) in [6, 6.07) is 13.5. The highest BCUT2D eigenvalue weighted by molar-refractivity contribution is 7.46. The van der Waals surface area contributed by atoms with Crippen LogP contribution in [0.3, 0.4) is 0 Å².